The van der Waals surface area contributed by atoms with Crippen molar-refractivity contribution in [3.8, 4) is 0 Å². The summed E-state index contributed by atoms with van der Waals surface area (Å²) in [4.78, 5) is 0. The van der Waals surface area contributed by atoms with Crippen LogP contribution in [0.3, 0.4) is 0 Å². The van der Waals surface area contributed by atoms with Crippen LogP contribution in [0.4, 0.5) is 0 Å². The van der Waals surface area contributed by atoms with Gasteiger partial charge in [0.15, 0.2) is 11.9 Å². The molecule has 0 aliphatic carbocycles. The van der Waals surface area contributed by atoms with Gasteiger partial charge in [0.1, 0.15) is 12.6 Å². The first-order valence-corrected chi connectivity index (χ1v) is 5.02. The fourth-order valence-corrected chi connectivity index (χ4v) is 2.02. The molecule has 0 aliphatic heterocycles. The van der Waals surface area contributed by atoms with E-state index in [-0.39, 0.29) is 0 Å². The summed E-state index contributed by atoms with van der Waals surface area (Å²) in [7, 11) is 2.06. The lowest BCUT2D eigenvalue weighted by atomic mass is 10.1. The van der Waals surface area contributed by atoms with Crippen molar-refractivity contribution in [1.29, 1.82) is 0 Å². The van der Waals surface area contributed by atoms with Crippen molar-refractivity contribution in [3.05, 3.63) is 42.4 Å². The molecule has 74 valence electrons. The van der Waals surface area contributed by atoms with Gasteiger partial charge in [-0.15, -0.1) is 0 Å². The van der Waals surface area contributed by atoms with Crippen molar-refractivity contribution >= 4 is 21.7 Å². The topological polar surface area (TPSA) is 17.0 Å². The number of fused-ring (bicyclic) bond motifs is 3. The van der Waals surface area contributed by atoms with Crippen LogP contribution in [0.2, 0.25) is 0 Å². The average Bonchev–Trinajstić information content (AvgIpc) is 2.71. The average molecular weight is 198 g/mol. The van der Waals surface area contributed by atoms with Gasteiger partial charge in [0.25, 0.3) is 0 Å². The Morgan fingerprint density at radius 1 is 1.07 bits per heavy atom. The first kappa shape index (κ1) is 8.48. The third kappa shape index (κ3) is 1.08. The van der Waals surface area contributed by atoms with E-state index >= 15 is 0 Å². The van der Waals surface area contributed by atoms with Crippen molar-refractivity contribution in [2.75, 3.05) is 0 Å². The van der Waals surface area contributed by atoms with Crippen LogP contribution in [-0.4, -0.2) is 0 Å². The van der Waals surface area contributed by atoms with Gasteiger partial charge in [-0.25, -0.2) is 4.57 Å². The molecule has 2 aromatic heterocycles. The van der Waals surface area contributed by atoms with E-state index in [0.29, 0.717) is 0 Å². The van der Waals surface area contributed by atoms with Crippen LogP contribution >= 0.6 is 0 Å². The normalized spacial score (nSPS) is 11.3. The standard InChI is InChI=1S/C13H12NO/c1-9-11-4-3-10-6-8-15-13(10)12(11)5-7-14(9)2/h3-8H,1-2H3/q+1. The lowest BCUT2D eigenvalue weighted by Crippen LogP contribution is -2.31. The van der Waals surface area contributed by atoms with Crippen LogP contribution in [0, 0.1) is 6.92 Å². The second kappa shape index (κ2) is 2.83. The zero-order valence-electron chi connectivity index (χ0n) is 8.82. The molecular formula is C13H12NO+. The number of aryl methyl sites for hydroxylation is 2. The van der Waals surface area contributed by atoms with Crippen LogP contribution in [0.15, 0.2) is 41.1 Å². The number of aromatic nitrogens is 1. The van der Waals surface area contributed by atoms with E-state index in [0.717, 1.165) is 11.0 Å². The lowest BCUT2D eigenvalue weighted by Gasteiger charge is -2.00. The van der Waals surface area contributed by atoms with E-state index in [1.165, 1.54) is 16.5 Å². The molecule has 0 fully saturated rings. The Kier molecular flexibility index (Phi) is 1.60. The molecule has 1 aromatic carbocycles. The molecule has 0 saturated heterocycles. The summed E-state index contributed by atoms with van der Waals surface area (Å²) in [5.74, 6) is 0. The number of hydrogen-bond acceptors (Lipinski definition) is 1. The van der Waals surface area contributed by atoms with Gasteiger partial charge < -0.3 is 4.42 Å². The second-order valence-corrected chi connectivity index (χ2v) is 3.88. The Morgan fingerprint density at radius 3 is 2.80 bits per heavy atom. The van der Waals surface area contributed by atoms with Gasteiger partial charge in [-0.05, 0) is 12.1 Å². The fourth-order valence-electron chi connectivity index (χ4n) is 2.02. The van der Waals surface area contributed by atoms with Gasteiger partial charge in [-0.3, -0.25) is 0 Å². The number of furan rings is 1. The minimum absolute atomic E-state index is 0.983. The molecule has 0 bridgehead atoms. The Labute approximate surface area is 87.7 Å². The second-order valence-electron chi connectivity index (χ2n) is 3.88. The smallest absolute Gasteiger partial charge is 0.185 e. The molecule has 2 nitrogen and oxygen atoms in total. The Bertz CT molecular complexity index is 652. The highest BCUT2D eigenvalue weighted by Crippen LogP contribution is 2.26. The molecule has 0 amide bonds. The third-order valence-corrected chi connectivity index (χ3v) is 3.04. The van der Waals surface area contributed by atoms with Crippen LogP contribution < -0.4 is 4.57 Å². The summed E-state index contributed by atoms with van der Waals surface area (Å²) < 4.78 is 7.64. The molecule has 0 aliphatic rings. The summed E-state index contributed by atoms with van der Waals surface area (Å²) in [6.07, 6.45) is 3.81. The highest BCUT2D eigenvalue weighted by Gasteiger charge is 2.10. The van der Waals surface area contributed by atoms with E-state index in [2.05, 4.69) is 42.9 Å². The number of nitrogens with zero attached hydrogens (tertiary/aromatic N) is 1. The third-order valence-electron chi connectivity index (χ3n) is 3.04. The van der Waals surface area contributed by atoms with Crippen LogP contribution in [-0.2, 0) is 7.05 Å². The predicted molar refractivity (Wildman–Crippen MR) is 59.6 cm³/mol. The molecular weight excluding hydrogens is 186 g/mol. The Hall–Kier alpha value is -1.83. The van der Waals surface area contributed by atoms with E-state index in [4.69, 9.17) is 4.42 Å². The van der Waals surface area contributed by atoms with Crippen molar-refractivity contribution < 1.29 is 8.98 Å². The van der Waals surface area contributed by atoms with Gasteiger partial charge in [-0.1, -0.05) is 6.07 Å². The molecule has 0 N–H and O–H groups in total. The van der Waals surface area contributed by atoms with Gasteiger partial charge in [0.2, 0.25) is 0 Å². The Morgan fingerprint density at radius 2 is 1.93 bits per heavy atom. The van der Waals surface area contributed by atoms with E-state index in [1.807, 2.05) is 6.07 Å². The van der Waals surface area contributed by atoms with Crippen molar-refractivity contribution in [2.24, 2.45) is 7.05 Å². The largest absolute Gasteiger partial charge is 0.464 e. The first-order chi connectivity index (χ1) is 7.27. The van der Waals surface area contributed by atoms with E-state index in [1.54, 1.807) is 6.26 Å². The predicted octanol–water partition coefficient (Wildman–Crippen LogP) is 2.72. The van der Waals surface area contributed by atoms with Gasteiger partial charge in [0, 0.05) is 23.8 Å². The van der Waals surface area contributed by atoms with E-state index in [9.17, 15) is 0 Å². The maximum Gasteiger partial charge on any atom is 0.185 e. The zero-order chi connectivity index (χ0) is 10.4. The van der Waals surface area contributed by atoms with Crippen molar-refractivity contribution in [2.45, 2.75) is 6.92 Å². The molecule has 3 rings (SSSR count). The molecule has 0 unspecified atom stereocenters. The van der Waals surface area contributed by atoms with Gasteiger partial charge in [-0.2, -0.15) is 0 Å². The van der Waals surface area contributed by atoms with Crippen molar-refractivity contribution in [1.82, 2.24) is 0 Å². The highest BCUT2D eigenvalue weighted by atomic mass is 16.3. The SMILES string of the molecule is Cc1c2ccc3ccoc3c2cc[n+]1C. The fraction of sp³-hybridized carbons (Fsp3) is 0.154. The zero-order valence-corrected chi connectivity index (χ0v) is 8.82. The molecule has 0 radical (unpaired) electrons. The van der Waals surface area contributed by atoms with E-state index < -0.39 is 0 Å². The van der Waals surface area contributed by atoms with Crippen LogP contribution in [0.1, 0.15) is 5.69 Å². The summed E-state index contributed by atoms with van der Waals surface area (Å²) in [6.45, 7) is 2.12. The number of benzene rings is 1. The van der Waals surface area contributed by atoms with Crippen LogP contribution in [0.5, 0.6) is 0 Å². The highest BCUT2D eigenvalue weighted by molar-refractivity contribution is 6.04. The maximum atomic E-state index is 5.52. The minimum atomic E-state index is 0.983. The molecule has 0 saturated carbocycles. The van der Waals surface area contributed by atoms with Crippen LogP contribution in [0.25, 0.3) is 21.7 Å². The van der Waals surface area contributed by atoms with Gasteiger partial charge in [0.05, 0.1) is 11.6 Å². The molecule has 15 heavy (non-hydrogen) atoms. The lowest BCUT2D eigenvalue weighted by molar-refractivity contribution is -0.676. The molecule has 0 spiro atoms. The summed E-state index contributed by atoms with van der Waals surface area (Å²) in [6, 6.07) is 8.36. The summed E-state index contributed by atoms with van der Waals surface area (Å²) in [5.41, 5.74) is 2.24. The summed E-state index contributed by atoms with van der Waals surface area (Å²) >= 11 is 0. The first-order valence-electron chi connectivity index (χ1n) is 5.02. The van der Waals surface area contributed by atoms with Gasteiger partial charge >= 0.3 is 0 Å². The number of rotatable bonds is 0. The van der Waals surface area contributed by atoms with Crippen molar-refractivity contribution in [3.63, 3.8) is 0 Å². The molecule has 3 aromatic rings. The quantitative estimate of drug-likeness (QED) is 0.507. The Balaban J connectivity index is 2.60. The molecule has 2 heterocycles. The minimum Gasteiger partial charge on any atom is -0.464 e. The monoisotopic (exact) mass is 198 g/mol. The molecule has 2 heteroatoms. The maximum absolute atomic E-state index is 5.52. The summed E-state index contributed by atoms with van der Waals surface area (Å²) in [5, 5.41) is 3.60. The number of pyridine rings is 1. The molecule has 0 atom stereocenters. The number of hydrogen-bond donors (Lipinski definition) is 0.